The van der Waals surface area contributed by atoms with Gasteiger partial charge in [0, 0.05) is 29.4 Å². The van der Waals surface area contributed by atoms with Crippen LogP contribution in [0, 0.1) is 0 Å². The molecule has 0 unspecified atom stereocenters. The Labute approximate surface area is 117 Å². The fourth-order valence-corrected chi connectivity index (χ4v) is 2.49. The Balaban J connectivity index is 2.04. The monoisotopic (exact) mass is 268 g/mol. The molecule has 0 atom stereocenters. The van der Waals surface area contributed by atoms with Crippen LogP contribution in [0.25, 0.3) is 17.1 Å². The molecule has 3 heterocycles. The Hall–Kier alpha value is -2.43. The fourth-order valence-electron chi connectivity index (χ4n) is 2.49. The molecule has 3 rings (SSSR count). The molecule has 0 bridgehead atoms. The van der Waals surface area contributed by atoms with Crippen LogP contribution in [0.15, 0.2) is 35.2 Å². The van der Waals surface area contributed by atoms with Gasteiger partial charge in [-0.1, -0.05) is 0 Å². The van der Waals surface area contributed by atoms with Gasteiger partial charge in [0.25, 0.3) is 5.91 Å². The third kappa shape index (κ3) is 1.91. The van der Waals surface area contributed by atoms with E-state index in [0.717, 1.165) is 22.4 Å². The number of hydrogen-bond donors (Lipinski definition) is 1. The number of amidine groups is 1. The first-order valence-electron chi connectivity index (χ1n) is 6.60. The number of amides is 1. The van der Waals surface area contributed by atoms with Crippen LogP contribution in [-0.2, 0) is 4.79 Å². The van der Waals surface area contributed by atoms with Crippen molar-refractivity contribution in [2.24, 2.45) is 4.99 Å². The number of aromatic amines is 1. The van der Waals surface area contributed by atoms with Gasteiger partial charge in [0.2, 0.25) is 0 Å². The number of nitrogens with one attached hydrogen (secondary N) is 1. The van der Waals surface area contributed by atoms with E-state index in [1.807, 2.05) is 45.2 Å². The summed E-state index contributed by atoms with van der Waals surface area (Å²) in [5.74, 6) is 0.699. The number of aliphatic imine (C=N–C) groups is 1. The lowest BCUT2D eigenvalue weighted by molar-refractivity contribution is -0.123. The van der Waals surface area contributed by atoms with Gasteiger partial charge in [-0.15, -0.1) is 0 Å². The van der Waals surface area contributed by atoms with E-state index in [1.54, 1.807) is 11.1 Å². The zero-order valence-corrected chi connectivity index (χ0v) is 11.7. The molecular weight excluding hydrogens is 252 g/mol. The minimum Gasteiger partial charge on any atom is -0.346 e. The van der Waals surface area contributed by atoms with Crippen molar-refractivity contribution in [1.29, 1.82) is 0 Å². The molecule has 20 heavy (non-hydrogen) atoms. The van der Waals surface area contributed by atoms with Gasteiger partial charge in [-0.05, 0) is 39.0 Å². The van der Waals surface area contributed by atoms with E-state index in [1.165, 1.54) is 0 Å². The van der Waals surface area contributed by atoms with E-state index in [0.29, 0.717) is 5.70 Å². The van der Waals surface area contributed by atoms with E-state index in [2.05, 4.69) is 15.0 Å². The molecule has 1 amide bonds. The minimum atomic E-state index is -0.0456. The highest BCUT2D eigenvalue weighted by molar-refractivity contribution is 6.14. The Morgan fingerprint density at radius 2 is 2.20 bits per heavy atom. The second-order valence-electron chi connectivity index (χ2n) is 5.10. The average Bonchev–Trinajstić information content (AvgIpc) is 2.93. The smallest absolute Gasteiger partial charge is 0.278 e. The summed E-state index contributed by atoms with van der Waals surface area (Å²) in [4.78, 5) is 25.7. The van der Waals surface area contributed by atoms with E-state index >= 15 is 0 Å². The van der Waals surface area contributed by atoms with Gasteiger partial charge < -0.3 is 4.98 Å². The number of rotatable bonds is 2. The Morgan fingerprint density at radius 1 is 1.40 bits per heavy atom. The summed E-state index contributed by atoms with van der Waals surface area (Å²) >= 11 is 0. The normalized spacial score (nSPS) is 17.6. The SMILES string of the molecule is CC1=NC(=Cc2c[nH]c3ncccc23)C(=O)N1C(C)C. The van der Waals surface area contributed by atoms with Gasteiger partial charge in [0.1, 0.15) is 17.2 Å². The highest BCUT2D eigenvalue weighted by Gasteiger charge is 2.29. The predicted molar refractivity (Wildman–Crippen MR) is 79.2 cm³/mol. The van der Waals surface area contributed by atoms with E-state index < -0.39 is 0 Å². The van der Waals surface area contributed by atoms with Gasteiger partial charge in [-0.25, -0.2) is 9.98 Å². The molecule has 2 aromatic heterocycles. The van der Waals surface area contributed by atoms with E-state index in [-0.39, 0.29) is 11.9 Å². The van der Waals surface area contributed by atoms with Crippen molar-refractivity contribution in [2.75, 3.05) is 0 Å². The molecule has 0 saturated heterocycles. The second-order valence-corrected chi connectivity index (χ2v) is 5.10. The van der Waals surface area contributed by atoms with Crippen LogP contribution in [0.1, 0.15) is 26.3 Å². The zero-order valence-electron chi connectivity index (χ0n) is 11.7. The number of carbonyl (C=O) groups is 1. The number of H-pyrrole nitrogens is 1. The number of nitrogens with zero attached hydrogens (tertiary/aromatic N) is 3. The van der Waals surface area contributed by atoms with Crippen LogP contribution < -0.4 is 0 Å². The largest absolute Gasteiger partial charge is 0.346 e. The summed E-state index contributed by atoms with van der Waals surface area (Å²) in [6.07, 6.45) is 5.40. The third-order valence-corrected chi connectivity index (χ3v) is 3.36. The Kier molecular flexibility index (Phi) is 2.89. The van der Waals surface area contributed by atoms with Crippen LogP contribution in [0.3, 0.4) is 0 Å². The van der Waals surface area contributed by atoms with Crippen LogP contribution in [-0.4, -0.2) is 32.7 Å². The number of carbonyl (C=O) groups excluding carboxylic acids is 1. The van der Waals surface area contributed by atoms with Crippen LogP contribution >= 0.6 is 0 Å². The van der Waals surface area contributed by atoms with E-state index in [4.69, 9.17) is 0 Å². The quantitative estimate of drug-likeness (QED) is 0.851. The number of aromatic nitrogens is 2. The third-order valence-electron chi connectivity index (χ3n) is 3.36. The van der Waals surface area contributed by atoms with Crippen molar-refractivity contribution in [3.8, 4) is 0 Å². The Morgan fingerprint density at radius 3 is 2.90 bits per heavy atom. The molecule has 0 spiro atoms. The minimum absolute atomic E-state index is 0.0456. The summed E-state index contributed by atoms with van der Waals surface area (Å²) in [5.41, 5.74) is 2.21. The van der Waals surface area contributed by atoms with Crippen molar-refractivity contribution >= 4 is 28.9 Å². The second kappa shape index (κ2) is 4.59. The molecule has 1 N–H and O–H groups in total. The predicted octanol–water partition coefficient (Wildman–Crippen LogP) is 2.57. The molecule has 0 saturated carbocycles. The molecular formula is C15H16N4O. The van der Waals surface area contributed by atoms with Crippen molar-refractivity contribution in [2.45, 2.75) is 26.8 Å². The number of hydrogen-bond acceptors (Lipinski definition) is 3. The molecule has 0 aliphatic carbocycles. The maximum atomic E-state index is 12.3. The fraction of sp³-hybridized carbons (Fsp3) is 0.267. The van der Waals surface area contributed by atoms with Crippen molar-refractivity contribution in [3.05, 3.63) is 35.8 Å². The summed E-state index contributed by atoms with van der Waals surface area (Å²) in [5, 5.41) is 0.989. The Bertz CT molecular complexity index is 739. The maximum Gasteiger partial charge on any atom is 0.278 e. The summed E-state index contributed by atoms with van der Waals surface area (Å²) in [6, 6.07) is 3.96. The van der Waals surface area contributed by atoms with Crippen molar-refractivity contribution < 1.29 is 4.79 Å². The highest BCUT2D eigenvalue weighted by Crippen LogP contribution is 2.23. The lowest BCUT2D eigenvalue weighted by Gasteiger charge is -2.19. The molecule has 5 nitrogen and oxygen atoms in total. The molecule has 5 heteroatoms. The molecule has 0 aromatic carbocycles. The van der Waals surface area contributed by atoms with Crippen LogP contribution in [0.5, 0.6) is 0 Å². The maximum absolute atomic E-state index is 12.3. The van der Waals surface area contributed by atoms with Gasteiger partial charge in [0.05, 0.1) is 0 Å². The first kappa shape index (κ1) is 12.6. The van der Waals surface area contributed by atoms with Gasteiger partial charge >= 0.3 is 0 Å². The van der Waals surface area contributed by atoms with Crippen molar-refractivity contribution in [1.82, 2.24) is 14.9 Å². The van der Waals surface area contributed by atoms with Crippen molar-refractivity contribution in [3.63, 3.8) is 0 Å². The standard InChI is InChI=1S/C15H16N4O/c1-9(2)19-10(3)18-13(15(19)20)7-11-8-17-14-12(11)5-4-6-16-14/h4-9H,1-3H3,(H,16,17). The molecule has 0 fully saturated rings. The summed E-state index contributed by atoms with van der Waals surface area (Å²) < 4.78 is 0. The zero-order chi connectivity index (χ0) is 14.3. The number of fused-ring (bicyclic) bond motifs is 1. The van der Waals surface area contributed by atoms with E-state index in [9.17, 15) is 4.79 Å². The molecule has 1 aliphatic heterocycles. The summed E-state index contributed by atoms with van der Waals surface area (Å²) in [6.45, 7) is 5.82. The van der Waals surface area contributed by atoms with Gasteiger partial charge in [-0.3, -0.25) is 9.69 Å². The van der Waals surface area contributed by atoms with Crippen LogP contribution in [0.2, 0.25) is 0 Å². The number of pyridine rings is 1. The summed E-state index contributed by atoms with van der Waals surface area (Å²) in [7, 11) is 0. The van der Waals surface area contributed by atoms with Crippen LogP contribution in [0.4, 0.5) is 0 Å². The topological polar surface area (TPSA) is 61.4 Å². The van der Waals surface area contributed by atoms with Gasteiger partial charge in [0.15, 0.2) is 0 Å². The lowest BCUT2D eigenvalue weighted by atomic mass is 10.2. The molecule has 2 aromatic rings. The molecule has 102 valence electrons. The highest BCUT2D eigenvalue weighted by atomic mass is 16.2. The first-order chi connectivity index (χ1) is 9.58. The molecule has 1 aliphatic rings. The first-order valence-corrected chi connectivity index (χ1v) is 6.60. The van der Waals surface area contributed by atoms with Gasteiger partial charge in [-0.2, -0.15) is 0 Å². The molecule has 0 radical (unpaired) electrons. The average molecular weight is 268 g/mol. The lowest BCUT2D eigenvalue weighted by Crippen LogP contribution is -2.36.